The first kappa shape index (κ1) is 20.7. The van der Waals surface area contributed by atoms with Crippen molar-refractivity contribution in [2.24, 2.45) is 0 Å². The van der Waals surface area contributed by atoms with Gasteiger partial charge in [-0.1, -0.05) is 35.0 Å². The average Bonchev–Trinajstić information content (AvgIpc) is 3.14. The first-order chi connectivity index (χ1) is 14.3. The van der Waals surface area contributed by atoms with E-state index in [4.69, 9.17) is 23.2 Å². The number of amides is 3. The van der Waals surface area contributed by atoms with E-state index >= 15 is 0 Å². The molecule has 0 saturated carbocycles. The highest BCUT2D eigenvalue weighted by Gasteiger charge is 2.31. The van der Waals surface area contributed by atoms with E-state index < -0.39 is 11.3 Å². The van der Waals surface area contributed by atoms with Gasteiger partial charge < -0.3 is 5.32 Å². The summed E-state index contributed by atoms with van der Waals surface area (Å²) in [7, 11) is 0. The highest BCUT2D eigenvalue weighted by Crippen LogP contribution is 2.27. The molecule has 1 aliphatic rings. The van der Waals surface area contributed by atoms with Crippen molar-refractivity contribution < 1.29 is 9.59 Å². The molecular weight excluding hydrogens is 447 g/mol. The molecule has 30 heavy (non-hydrogen) atoms. The van der Waals surface area contributed by atoms with Gasteiger partial charge >= 0.3 is 6.03 Å². The van der Waals surface area contributed by atoms with E-state index in [0.717, 1.165) is 11.8 Å². The standard InChI is InChI=1S/C20H16Cl2N4O3S/c1-11(17(27)25-9-8-23-19(25)29)30-20-24-16-10-13(22)4-7-15(16)18(28)26(20)14-5-2-12(21)3-6-14/h2-7,10-11H,8-9H2,1H3,(H,23,29). The van der Waals surface area contributed by atoms with E-state index in [1.165, 1.54) is 9.47 Å². The molecule has 4 rings (SSSR count). The zero-order valence-electron chi connectivity index (χ0n) is 15.8. The van der Waals surface area contributed by atoms with Crippen LogP contribution >= 0.6 is 35.0 Å². The maximum atomic E-state index is 13.3. The van der Waals surface area contributed by atoms with Crippen molar-refractivity contribution >= 4 is 57.8 Å². The number of carbonyl (C=O) groups is 2. The van der Waals surface area contributed by atoms with Crippen LogP contribution in [0.4, 0.5) is 4.79 Å². The number of aromatic nitrogens is 2. The van der Waals surface area contributed by atoms with Gasteiger partial charge in [0.25, 0.3) is 5.56 Å². The summed E-state index contributed by atoms with van der Waals surface area (Å²) in [5, 5.41) is 3.67. The van der Waals surface area contributed by atoms with Crippen LogP contribution in [-0.2, 0) is 4.79 Å². The van der Waals surface area contributed by atoms with E-state index in [0.29, 0.717) is 44.9 Å². The number of carbonyl (C=O) groups excluding carboxylic acids is 2. The smallest absolute Gasteiger partial charge is 0.324 e. The van der Waals surface area contributed by atoms with Crippen molar-refractivity contribution in [1.29, 1.82) is 0 Å². The Balaban J connectivity index is 1.81. The fourth-order valence-corrected chi connectivity index (χ4v) is 4.43. The molecule has 1 N–H and O–H groups in total. The van der Waals surface area contributed by atoms with E-state index in [9.17, 15) is 14.4 Å². The Bertz CT molecular complexity index is 1210. The van der Waals surface area contributed by atoms with Crippen molar-refractivity contribution in [2.45, 2.75) is 17.3 Å². The molecule has 1 aliphatic heterocycles. The third kappa shape index (κ3) is 3.90. The van der Waals surface area contributed by atoms with Crippen LogP contribution in [0, 0.1) is 0 Å². The predicted molar refractivity (Wildman–Crippen MR) is 118 cm³/mol. The molecule has 1 unspecified atom stereocenters. The molecule has 0 spiro atoms. The van der Waals surface area contributed by atoms with Gasteiger partial charge in [-0.05, 0) is 49.4 Å². The summed E-state index contributed by atoms with van der Waals surface area (Å²) in [4.78, 5) is 43.6. The molecule has 10 heteroatoms. The summed E-state index contributed by atoms with van der Waals surface area (Å²) >= 11 is 13.2. The van der Waals surface area contributed by atoms with Gasteiger partial charge in [-0.3, -0.25) is 19.1 Å². The SMILES string of the molecule is CC(Sc1nc2cc(Cl)ccc2c(=O)n1-c1ccc(Cl)cc1)C(=O)N1CCNC1=O. The number of thioether (sulfide) groups is 1. The van der Waals surface area contributed by atoms with Crippen molar-refractivity contribution in [1.82, 2.24) is 19.8 Å². The third-order valence-electron chi connectivity index (χ3n) is 4.64. The average molecular weight is 463 g/mol. The Hall–Kier alpha value is -2.55. The van der Waals surface area contributed by atoms with Gasteiger partial charge in [-0.2, -0.15) is 0 Å². The molecule has 154 valence electrons. The number of fused-ring (bicyclic) bond motifs is 1. The van der Waals surface area contributed by atoms with Gasteiger partial charge in [0, 0.05) is 23.1 Å². The summed E-state index contributed by atoms with van der Waals surface area (Å²) in [6.07, 6.45) is 0. The monoisotopic (exact) mass is 462 g/mol. The van der Waals surface area contributed by atoms with Crippen LogP contribution in [0.3, 0.4) is 0 Å². The van der Waals surface area contributed by atoms with Crippen LogP contribution in [0.2, 0.25) is 10.0 Å². The molecule has 1 atom stereocenters. The summed E-state index contributed by atoms with van der Waals surface area (Å²) in [6.45, 7) is 2.41. The molecule has 0 aliphatic carbocycles. The van der Waals surface area contributed by atoms with E-state index in [1.54, 1.807) is 49.4 Å². The Labute approximate surface area is 186 Å². The Morgan fingerprint density at radius 1 is 1.13 bits per heavy atom. The normalized spacial score (nSPS) is 14.8. The van der Waals surface area contributed by atoms with E-state index in [-0.39, 0.29) is 11.5 Å². The van der Waals surface area contributed by atoms with Crippen LogP contribution in [0.15, 0.2) is 52.4 Å². The summed E-state index contributed by atoms with van der Waals surface area (Å²) in [5.74, 6) is -0.349. The number of benzene rings is 2. The fraction of sp³-hybridized carbons (Fsp3) is 0.200. The minimum absolute atomic E-state index is 0.292. The second kappa shape index (κ2) is 8.29. The van der Waals surface area contributed by atoms with Gasteiger partial charge in [-0.15, -0.1) is 0 Å². The predicted octanol–water partition coefficient (Wildman–Crippen LogP) is 3.72. The summed E-state index contributed by atoms with van der Waals surface area (Å²) in [5.41, 5.74) is 0.702. The molecular formula is C20H16Cl2N4O3S. The van der Waals surface area contributed by atoms with Crippen LogP contribution in [0.5, 0.6) is 0 Å². The first-order valence-corrected chi connectivity index (χ1v) is 10.7. The molecule has 2 aromatic carbocycles. The fourth-order valence-electron chi connectivity index (χ4n) is 3.15. The Morgan fingerprint density at radius 2 is 1.83 bits per heavy atom. The maximum absolute atomic E-state index is 13.3. The zero-order valence-corrected chi connectivity index (χ0v) is 18.1. The number of halogens is 2. The van der Waals surface area contributed by atoms with Crippen LogP contribution in [0.25, 0.3) is 16.6 Å². The van der Waals surface area contributed by atoms with E-state index in [1.807, 2.05) is 0 Å². The van der Waals surface area contributed by atoms with Crippen LogP contribution in [-0.4, -0.2) is 44.7 Å². The lowest BCUT2D eigenvalue weighted by Gasteiger charge is -2.19. The molecule has 1 aromatic heterocycles. The highest BCUT2D eigenvalue weighted by atomic mass is 35.5. The topological polar surface area (TPSA) is 84.3 Å². The number of rotatable bonds is 4. The number of nitrogens with zero attached hydrogens (tertiary/aromatic N) is 3. The van der Waals surface area contributed by atoms with Gasteiger partial charge in [0.15, 0.2) is 5.16 Å². The molecule has 3 amide bonds. The Kier molecular flexibility index (Phi) is 5.73. The van der Waals surface area contributed by atoms with Gasteiger partial charge in [0.1, 0.15) is 0 Å². The maximum Gasteiger partial charge on any atom is 0.324 e. The summed E-state index contributed by atoms with van der Waals surface area (Å²) in [6, 6.07) is 11.2. The minimum atomic E-state index is -0.643. The van der Waals surface area contributed by atoms with Gasteiger partial charge in [0.2, 0.25) is 5.91 Å². The first-order valence-electron chi connectivity index (χ1n) is 9.09. The van der Waals surface area contributed by atoms with Crippen molar-refractivity contribution in [3.05, 3.63) is 62.9 Å². The lowest BCUT2D eigenvalue weighted by Crippen LogP contribution is -2.39. The minimum Gasteiger partial charge on any atom is -0.336 e. The second-order valence-electron chi connectivity index (χ2n) is 6.65. The third-order valence-corrected chi connectivity index (χ3v) is 6.17. The van der Waals surface area contributed by atoms with Gasteiger partial charge in [-0.25, -0.2) is 9.78 Å². The van der Waals surface area contributed by atoms with Crippen LogP contribution in [0.1, 0.15) is 6.92 Å². The second-order valence-corrected chi connectivity index (χ2v) is 8.84. The number of hydrogen-bond donors (Lipinski definition) is 1. The van der Waals surface area contributed by atoms with Crippen molar-refractivity contribution in [2.75, 3.05) is 13.1 Å². The lowest BCUT2D eigenvalue weighted by atomic mass is 10.2. The van der Waals surface area contributed by atoms with Crippen LogP contribution < -0.4 is 10.9 Å². The molecule has 0 radical (unpaired) electrons. The number of hydrogen-bond acceptors (Lipinski definition) is 5. The van der Waals surface area contributed by atoms with Crippen molar-refractivity contribution in [3.8, 4) is 5.69 Å². The molecule has 1 fully saturated rings. The Morgan fingerprint density at radius 3 is 2.50 bits per heavy atom. The lowest BCUT2D eigenvalue weighted by molar-refractivity contribution is -0.126. The zero-order chi connectivity index (χ0) is 21.4. The van der Waals surface area contributed by atoms with E-state index in [2.05, 4.69) is 10.3 Å². The number of imide groups is 1. The highest BCUT2D eigenvalue weighted by molar-refractivity contribution is 8.00. The molecule has 3 aromatic rings. The summed E-state index contributed by atoms with van der Waals surface area (Å²) < 4.78 is 1.44. The number of urea groups is 1. The molecule has 1 saturated heterocycles. The molecule has 2 heterocycles. The van der Waals surface area contributed by atoms with Gasteiger partial charge in [0.05, 0.1) is 21.8 Å². The molecule has 0 bridgehead atoms. The quantitative estimate of drug-likeness (QED) is 0.471. The number of nitrogens with one attached hydrogen (secondary N) is 1. The van der Waals surface area contributed by atoms with Crippen molar-refractivity contribution in [3.63, 3.8) is 0 Å². The molecule has 7 nitrogen and oxygen atoms in total. The largest absolute Gasteiger partial charge is 0.336 e.